The zero-order valence-corrected chi connectivity index (χ0v) is 24.2. The minimum absolute atomic E-state index is 0.266. The molecule has 10 heteroatoms. The number of carboxylic acid groups (broad SMARTS) is 1. The normalized spacial score (nSPS) is 14.1. The summed E-state index contributed by atoms with van der Waals surface area (Å²) in [6, 6.07) is 15.9. The molecular formula is C32H34F2N4O3S. The van der Waals surface area contributed by atoms with E-state index < -0.39 is 24.0 Å². The van der Waals surface area contributed by atoms with Crippen LogP contribution in [0, 0.1) is 11.6 Å². The third-order valence-electron chi connectivity index (χ3n) is 7.46. The van der Waals surface area contributed by atoms with Gasteiger partial charge in [0.25, 0.3) is 5.91 Å². The van der Waals surface area contributed by atoms with Gasteiger partial charge in [-0.15, -0.1) is 0 Å². The second-order valence-corrected chi connectivity index (χ2v) is 11.2. The Morgan fingerprint density at radius 1 is 1.00 bits per heavy atom. The van der Waals surface area contributed by atoms with E-state index >= 15 is 0 Å². The number of benzene rings is 3. The second-order valence-electron chi connectivity index (χ2n) is 10.2. The zero-order valence-electron chi connectivity index (χ0n) is 23.4. The summed E-state index contributed by atoms with van der Waals surface area (Å²) in [7, 11) is 0. The topological polar surface area (TPSA) is 110 Å². The average molecular weight is 593 g/mol. The molecule has 3 aromatic carbocycles. The van der Waals surface area contributed by atoms with E-state index in [9.17, 15) is 23.5 Å². The maximum absolute atomic E-state index is 13.8. The first-order valence-electron chi connectivity index (χ1n) is 13.6. The molecule has 0 aliphatic carbocycles. The standard InChI is InChI=1S/C32H34F2N4O3S/c1-20(21-3-8-24(33)9-4-21)26-12-7-23(17-27(26)31(39)37-29(32(40)41)13-16-42-2)30(35)28(18-38-15-14-36-19-38)22-5-10-25(34)11-6-22/h3-12,14-15,17,19-20,28-30H,13,16,18,35H2,1-2H3,(H,37,39)(H,40,41)/t20?,28?,29-,30?/m0/s1. The fourth-order valence-corrected chi connectivity index (χ4v) is 5.48. The van der Waals surface area contributed by atoms with Crippen LogP contribution in [0.4, 0.5) is 8.78 Å². The van der Waals surface area contributed by atoms with E-state index in [4.69, 9.17) is 5.73 Å². The molecule has 0 fully saturated rings. The summed E-state index contributed by atoms with van der Waals surface area (Å²) < 4.78 is 29.3. The third kappa shape index (κ3) is 7.63. The lowest BCUT2D eigenvalue weighted by Crippen LogP contribution is -2.41. The van der Waals surface area contributed by atoms with Gasteiger partial charge in [0.15, 0.2) is 0 Å². The molecule has 42 heavy (non-hydrogen) atoms. The highest BCUT2D eigenvalue weighted by atomic mass is 32.2. The zero-order chi connectivity index (χ0) is 30.2. The first-order chi connectivity index (χ1) is 20.2. The average Bonchev–Trinajstić information content (AvgIpc) is 3.51. The van der Waals surface area contributed by atoms with Crippen LogP contribution in [0.2, 0.25) is 0 Å². The van der Waals surface area contributed by atoms with Crippen LogP contribution in [0.5, 0.6) is 0 Å². The molecule has 4 atom stereocenters. The van der Waals surface area contributed by atoms with Crippen molar-refractivity contribution < 1.29 is 23.5 Å². The summed E-state index contributed by atoms with van der Waals surface area (Å²) in [5.74, 6) is -2.41. The fourth-order valence-electron chi connectivity index (χ4n) is 5.01. The SMILES string of the molecule is CSCC[C@H](NC(=O)c1cc(C(N)C(Cn2ccnc2)c2ccc(F)cc2)ccc1C(C)c1ccc(F)cc1)C(=O)O. The number of thioether (sulfide) groups is 1. The van der Waals surface area contributed by atoms with E-state index in [1.54, 1.807) is 42.9 Å². The van der Waals surface area contributed by atoms with Gasteiger partial charge >= 0.3 is 5.97 Å². The van der Waals surface area contributed by atoms with Crippen molar-refractivity contribution in [3.63, 3.8) is 0 Å². The van der Waals surface area contributed by atoms with Gasteiger partial charge in [0.2, 0.25) is 0 Å². The smallest absolute Gasteiger partial charge is 0.326 e. The second kappa shape index (κ2) is 14.2. The van der Waals surface area contributed by atoms with Crippen LogP contribution in [-0.2, 0) is 11.3 Å². The van der Waals surface area contributed by atoms with Crippen molar-refractivity contribution in [1.82, 2.24) is 14.9 Å². The minimum Gasteiger partial charge on any atom is -0.480 e. The molecular weight excluding hydrogens is 558 g/mol. The van der Waals surface area contributed by atoms with Gasteiger partial charge in [-0.05, 0) is 71.0 Å². The first kappa shape index (κ1) is 30.9. The van der Waals surface area contributed by atoms with E-state index in [1.165, 1.54) is 36.0 Å². The van der Waals surface area contributed by atoms with Crippen molar-refractivity contribution in [1.29, 1.82) is 0 Å². The molecule has 0 saturated heterocycles. The molecule has 1 aromatic heterocycles. The Kier molecular flexibility index (Phi) is 10.5. The van der Waals surface area contributed by atoms with Gasteiger partial charge in [-0.25, -0.2) is 18.6 Å². The number of amides is 1. The molecule has 0 aliphatic rings. The van der Waals surface area contributed by atoms with Crippen LogP contribution in [0.25, 0.3) is 0 Å². The number of halogens is 2. The maximum Gasteiger partial charge on any atom is 0.326 e. The highest BCUT2D eigenvalue weighted by Gasteiger charge is 2.27. The predicted octanol–water partition coefficient (Wildman–Crippen LogP) is 5.73. The van der Waals surface area contributed by atoms with E-state index in [-0.39, 0.29) is 35.5 Å². The molecule has 3 unspecified atom stereocenters. The van der Waals surface area contributed by atoms with Gasteiger partial charge < -0.3 is 20.7 Å². The number of carboxylic acids is 1. The lowest BCUT2D eigenvalue weighted by Gasteiger charge is -2.27. The highest BCUT2D eigenvalue weighted by Crippen LogP contribution is 2.34. The van der Waals surface area contributed by atoms with E-state index in [0.717, 1.165) is 11.1 Å². The van der Waals surface area contributed by atoms with Crippen molar-refractivity contribution in [2.45, 2.75) is 43.8 Å². The third-order valence-corrected chi connectivity index (χ3v) is 8.10. The molecule has 220 valence electrons. The summed E-state index contributed by atoms with van der Waals surface area (Å²) in [5, 5.41) is 12.4. The summed E-state index contributed by atoms with van der Waals surface area (Å²) >= 11 is 1.49. The molecule has 0 saturated carbocycles. The number of aliphatic carboxylic acids is 1. The van der Waals surface area contributed by atoms with E-state index in [1.807, 2.05) is 36.1 Å². The van der Waals surface area contributed by atoms with Crippen LogP contribution in [0.3, 0.4) is 0 Å². The number of hydrogen-bond donors (Lipinski definition) is 3. The largest absolute Gasteiger partial charge is 0.480 e. The maximum atomic E-state index is 13.8. The highest BCUT2D eigenvalue weighted by molar-refractivity contribution is 7.98. The van der Waals surface area contributed by atoms with Gasteiger partial charge in [0.1, 0.15) is 17.7 Å². The van der Waals surface area contributed by atoms with Gasteiger partial charge in [-0.3, -0.25) is 4.79 Å². The monoisotopic (exact) mass is 592 g/mol. The van der Waals surface area contributed by atoms with Gasteiger partial charge in [-0.2, -0.15) is 11.8 Å². The number of nitrogens with one attached hydrogen (secondary N) is 1. The number of hydrogen-bond acceptors (Lipinski definition) is 5. The number of nitrogens with zero attached hydrogens (tertiary/aromatic N) is 2. The summed E-state index contributed by atoms with van der Waals surface area (Å²) in [5.41, 5.74) is 10.1. The van der Waals surface area contributed by atoms with Gasteiger partial charge in [0.05, 0.1) is 6.33 Å². The van der Waals surface area contributed by atoms with Crippen molar-refractivity contribution in [2.24, 2.45) is 5.73 Å². The molecule has 4 aromatic rings. The van der Waals surface area contributed by atoms with Crippen LogP contribution in [-0.4, -0.2) is 44.6 Å². The molecule has 0 radical (unpaired) electrons. The summed E-state index contributed by atoms with van der Waals surface area (Å²) in [6.45, 7) is 2.36. The van der Waals surface area contributed by atoms with Crippen LogP contribution in [0.1, 0.15) is 63.8 Å². The van der Waals surface area contributed by atoms with Crippen molar-refractivity contribution in [3.05, 3.63) is 125 Å². The Bertz CT molecular complexity index is 1480. The first-order valence-corrected chi connectivity index (χ1v) is 15.0. The van der Waals surface area contributed by atoms with Crippen LogP contribution < -0.4 is 11.1 Å². The molecule has 0 bridgehead atoms. The number of imidazole rings is 1. The Morgan fingerprint density at radius 2 is 1.62 bits per heavy atom. The molecule has 0 aliphatic heterocycles. The van der Waals surface area contributed by atoms with E-state index in [0.29, 0.717) is 23.4 Å². The molecule has 4 rings (SSSR count). The number of carbonyl (C=O) groups excluding carboxylic acids is 1. The number of rotatable bonds is 13. The Hall–Kier alpha value is -4.02. The quantitative estimate of drug-likeness (QED) is 0.183. The van der Waals surface area contributed by atoms with Gasteiger partial charge in [-0.1, -0.05) is 43.3 Å². The fraction of sp³-hybridized carbons (Fsp3) is 0.281. The summed E-state index contributed by atoms with van der Waals surface area (Å²) in [6.07, 6.45) is 7.29. The molecule has 0 spiro atoms. The minimum atomic E-state index is -1.12. The van der Waals surface area contributed by atoms with Gasteiger partial charge in [0, 0.05) is 42.4 Å². The van der Waals surface area contributed by atoms with Crippen molar-refractivity contribution in [3.8, 4) is 0 Å². The number of nitrogens with two attached hydrogens (primary N) is 1. The van der Waals surface area contributed by atoms with Crippen LogP contribution >= 0.6 is 11.8 Å². The Morgan fingerprint density at radius 3 is 2.19 bits per heavy atom. The Labute approximate surface area is 248 Å². The Balaban J connectivity index is 1.75. The predicted molar refractivity (Wildman–Crippen MR) is 161 cm³/mol. The molecule has 4 N–H and O–H groups in total. The van der Waals surface area contributed by atoms with Crippen molar-refractivity contribution in [2.75, 3.05) is 12.0 Å². The molecule has 7 nitrogen and oxygen atoms in total. The number of carbonyl (C=O) groups is 2. The lowest BCUT2D eigenvalue weighted by molar-refractivity contribution is -0.139. The molecule has 1 amide bonds. The van der Waals surface area contributed by atoms with Crippen molar-refractivity contribution >= 4 is 23.6 Å². The van der Waals surface area contributed by atoms with Crippen LogP contribution in [0.15, 0.2) is 85.5 Å². The molecule has 1 heterocycles. The van der Waals surface area contributed by atoms with E-state index in [2.05, 4.69) is 10.3 Å². The lowest BCUT2D eigenvalue weighted by atomic mass is 9.83. The summed E-state index contributed by atoms with van der Waals surface area (Å²) in [4.78, 5) is 29.8. The number of aromatic nitrogens is 2.